The van der Waals surface area contributed by atoms with E-state index in [4.69, 9.17) is 16.3 Å². The van der Waals surface area contributed by atoms with E-state index in [0.29, 0.717) is 19.6 Å². The molecule has 138 valence electrons. The number of fused-ring (bicyclic) bond motifs is 1. The van der Waals surface area contributed by atoms with Crippen molar-refractivity contribution in [3.05, 3.63) is 71.4 Å². The fourth-order valence-electron chi connectivity index (χ4n) is 3.44. The van der Waals surface area contributed by atoms with Crippen molar-refractivity contribution in [3.8, 4) is 5.75 Å². The summed E-state index contributed by atoms with van der Waals surface area (Å²) in [4.78, 5) is 17.6. The van der Waals surface area contributed by atoms with E-state index in [-0.39, 0.29) is 5.91 Å². The van der Waals surface area contributed by atoms with Gasteiger partial charge in [0.25, 0.3) is 0 Å². The number of carbonyl (C=O) groups excluding carboxylic acids is 1. The van der Waals surface area contributed by atoms with Crippen LogP contribution in [0.4, 0.5) is 0 Å². The van der Waals surface area contributed by atoms with Crippen molar-refractivity contribution in [3.63, 3.8) is 0 Å². The number of benzene rings is 2. The summed E-state index contributed by atoms with van der Waals surface area (Å²) in [6, 6.07) is 15.5. The number of nitrogens with zero attached hydrogens (tertiary/aromatic N) is 1. The number of aromatic nitrogens is 1. The summed E-state index contributed by atoms with van der Waals surface area (Å²) in [5, 5.41) is 1.89. The Hall–Kier alpha value is -2.72. The molecule has 0 saturated carbocycles. The van der Waals surface area contributed by atoms with Crippen LogP contribution >= 0.6 is 11.6 Å². The molecule has 0 bridgehead atoms. The number of hydrogen-bond donors (Lipinski definition) is 1. The van der Waals surface area contributed by atoms with Crippen LogP contribution < -0.4 is 4.74 Å². The molecule has 0 saturated heterocycles. The molecule has 1 aliphatic heterocycles. The fraction of sp³-hybridized carbons (Fsp3) is 0.227. The molecule has 0 atom stereocenters. The minimum Gasteiger partial charge on any atom is -0.493 e. The van der Waals surface area contributed by atoms with Gasteiger partial charge in [0, 0.05) is 40.8 Å². The molecule has 1 amide bonds. The molecule has 0 fully saturated rings. The summed E-state index contributed by atoms with van der Waals surface area (Å²) in [6.45, 7) is 1.77. The van der Waals surface area contributed by atoms with Gasteiger partial charge in [0.2, 0.25) is 5.91 Å². The molecule has 0 unspecified atom stereocenters. The number of para-hydroxylation sites is 1. The van der Waals surface area contributed by atoms with Gasteiger partial charge in [0.05, 0.1) is 13.0 Å². The minimum atomic E-state index is 0.131. The predicted octanol–water partition coefficient (Wildman–Crippen LogP) is 4.91. The number of rotatable bonds is 5. The van der Waals surface area contributed by atoms with E-state index in [0.717, 1.165) is 29.3 Å². The lowest BCUT2D eigenvalue weighted by molar-refractivity contribution is -0.131. The summed E-state index contributed by atoms with van der Waals surface area (Å²) in [5.74, 6) is 0.928. The Balaban J connectivity index is 1.35. The van der Waals surface area contributed by atoms with Gasteiger partial charge in [-0.25, -0.2) is 0 Å². The molecule has 1 aliphatic rings. The molecule has 0 spiro atoms. The molecule has 0 radical (unpaired) electrons. The van der Waals surface area contributed by atoms with E-state index in [9.17, 15) is 4.79 Å². The Bertz CT molecular complexity index is 978. The number of hydrogen-bond acceptors (Lipinski definition) is 2. The van der Waals surface area contributed by atoms with Gasteiger partial charge in [-0.15, -0.1) is 0 Å². The van der Waals surface area contributed by atoms with E-state index in [2.05, 4.69) is 11.1 Å². The Kier molecular flexibility index (Phi) is 5.16. The van der Waals surface area contributed by atoms with Crippen LogP contribution in [0.1, 0.15) is 18.4 Å². The van der Waals surface area contributed by atoms with Crippen LogP contribution in [-0.2, 0) is 4.79 Å². The van der Waals surface area contributed by atoms with Gasteiger partial charge in [0.15, 0.2) is 0 Å². The van der Waals surface area contributed by atoms with Crippen molar-refractivity contribution >= 4 is 34.0 Å². The maximum absolute atomic E-state index is 12.4. The first-order valence-electron chi connectivity index (χ1n) is 9.12. The highest BCUT2D eigenvalue weighted by atomic mass is 35.5. The van der Waals surface area contributed by atoms with E-state index >= 15 is 0 Å². The maximum Gasteiger partial charge on any atom is 0.226 e. The SMILES string of the molecule is O=C(CCOc1ccccc1)N1CC=C(c2c[nH]c3cc(Cl)ccc23)CC1. The molecule has 0 aliphatic carbocycles. The Labute approximate surface area is 163 Å². The summed E-state index contributed by atoms with van der Waals surface area (Å²) in [6.07, 6.45) is 5.42. The quantitative estimate of drug-likeness (QED) is 0.683. The van der Waals surface area contributed by atoms with Crippen LogP contribution in [0.2, 0.25) is 5.02 Å². The van der Waals surface area contributed by atoms with Crippen molar-refractivity contribution in [2.75, 3.05) is 19.7 Å². The third-order valence-corrected chi connectivity index (χ3v) is 5.11. The molecule has 1 aromatic heterocycles. The molecule has 5 heteroatoms. The summed E-state index contributed by atoms with van der Waals surface area (Å²) >= 11 is 6.06. The Morgan fingerprint density at radius 3 is 2.81 bits per heavy atom. The fourth-order valence-corrected chi connectivity index (χ4v) is 3.61. The van der Waals surface area contributed by atoms with Crippen LogP contribution in [0.15, 0.2) is 60.8 Å². The summed E-state index contributed by atoms with van der Waals surface area (Å²) in [7, 11) is 0. The van der Waals surface area contributed by atoms with Gasteiger partial charge < -0.3 is 14.6 Å². The third-order valence-electron chi connectivity index (χ3n) is 4.88. The lowest BCUT2D eigenvalue weighted by Crippen LogP contribution is -2.35. The van der Waals surface area contributed by atoms with Crippen molar-refractivity contribution in [2.24, 2.45) is 0 Å². The van der Waals surface area contributed by atoms with Crippen LogP contribution in [0, 0.1) is 0 Å². The number of halogens is 1. The lowest BCUT2D eigenvalue weighted by atomic mass is 9.99. The highest BCUT2D eigenvalue weighted by Gasteiger charge is 2.19. The smallest absolute Gasteiger partial charge is 0.226 e. The van der Waals surface area contributed by atoms with Gasteiger partial charge >= 0.3 is 0 Å². The monoisotopic (exact) mass is 380 g/mol. The van der Waals surface area contributed by atoms with Crippen LogP contribution in [0.5, 0.6) is 5.75 Å². The first-order chi connectivity index (χ1) is 13.2. The zero-order valence-corrected chi connectivity index (χ0v) is 15.7. The second kappa shape index (κ2) is 7.89. The number of aromatic amines is 1. The van der Waals surface area contributed by atoms with Gasteiger partial charge in [-0.05, 0) is 36.3 Å². The van der Waals surface area contributed by atoms with E-state index < -0.39 is 0 Å². The Morgan fingerprint density at radius 1 is 1.19 bits per heavy atom. The van der Waals surface area contributed by atoms with Gasteiger partial charge in [-0.1, -0.05) is 41.9 Å². The topological polar surface area (TPSA) is 45.3 Å². The number of ether oxygens (including phenoxy) is 1. The van der Waals surface area contributed by atoms with Gasteiger partial charge in [-0.2, -0.15) is 0 Å². The molecule has 2 heterocycles. The highest BCUT2D eigenvalue weighted by Crippen LogP contribution is 2.30. The lowest BCUT2D eigenvalue weighted by Gasteiger charge is -2.26. The average Bonchev–Trinajstić information content (AvgIpc) is 3.12. The first-order valence-corrected chi connectivity index (χ1v) is 9.50. The highest BCUT2D eigenvalue weighted by molar-refractivity contribution is 6.31. The molecule has 3 aromatic rings. The molecular formula is C22H21ClN2O2. The normalized spacial score (nSPS) is 14.3. The largest absolute Gasteiger partial charge is 0.493 e. The number of nitrogens with one attached hydrogen (secondary N) is 1. The third kappa shape index (κ3) is 4.01. The van der Waals surface area contributed by atoms with Crippen molar-refractivity contribution in [2.45, 2.75) is 12.8 Å². The van der Waals surface area contributed by atoms with Crippen LogP contribution in [0.25, 0.3) is 16.5 Å². The van der Waals surface area contributed by atoms with E-state index in [1.54, 1.807) is 0 Å². The van der Waals surface area contributed by atoms with Crippen LogP contribution in [-0.4, -0.2) is 35.5 Å². The summed E-state index contributed by atoms with van der Waals surface area (Å²) in [5.41, 5.74) is 3.50. The summed E-state index contributed by atoms with van der Waals surface area (Å²) < 4.78 is 5.63. The second-order valence-electron chi connectivity index (χ2n) is 6.62. The maximum atomic E-state index is 12.4. The predicted molar refractivity (Wildman–Crippen MR) is 109 cm³/mol. The Morgan fingerprint density at radius 2 is 2.04 bits per heavy atom. The van der Waals surface area contributed by atoms with Crippen molar-refractivity contribution in [1.82, 2.24) is 9.88 Å². The molecule has 1 N–H and O–H groups in total. The number of H-pyrrole nitrogens is 1. The average molecular weight is 381 g/mol. The molecule has 27 heavy (non-hydrogen) atoms. The zero-order valence-electron chi connectivity index (χ0n) is 15.0. The number of amides is 1. The van der Waals surface area contributed by atoms with Gasteiger partial charge in [0.1, 0.15) is 5.75 Å². The zero-order chi connectivity index (χ0) is 18.6. The molecule has 4 nitrogen and oxygen atoms in total. The van der Waals surface area contributed by atoms with Gasteiger partial charge in [-0.3, -0.25) is 4.79 Å². The second-order valence-corrected chi connectivity index (χ2v) is 7.06. The van der Waals surface area contributed by atoms with Crippen molar-refractivity contribution < 1.29 is 9.53 Å². The molecular weight excluding hydrogens is 360 g/mol. The number of carbonyl (C=O) groups is 1. The van der Waals surface area contributed by atoms with Crippen LogP contribution in [0.3, 0.4) is 0 Å². The first kappa shape index (κ1) is 17.7. The van der Waals surface area contributed by atoms with Crippen molar-refractivity contribution in [1.29, 1.82) is 0 Å². The minimum absolute atomic E-state index is 0.131. The standard InChI is InChI=1S/C22H21ClN2O2/c23-17-6-7-19-20(15-24-21(19)14-17)16-8-11-25(12-9-16)22(26)10-13-27-18-4-2-1-3-5-18/h1-8,14-15,24H,9-13H2. The molecule has 4 rings (SSSR count). The molecule has 2 aromatic carbocycles. The van der Waals surface area contributed by atoms with E-state index in [1.807, 2.05) is 59.6 Å². The van der Waals surface area contributed by atoms with E-state index in [1.165, 1.54) is 16.5 Å².